The number of hydrogen-bond acceptors (Lipinski definition) is 4. The van der Waals surface area contributed by atoms with Crippen molar-refractivity contribution in [3.8, 4) is 11.3 Å². The van der Waals surface area contributed by atoms with E-state index in [0.717, 1.165) is 11.3 Å². The van der Waals surface area contributed by atoms with E-state index in [1.54, 1.807) is 6.07 Å². The summed E-state index contributed by atoms with van der Waals surface area (Å²) >= 11 is 2.95. The number of amides is 1. The van der Waals surface area contributed by atoms with Crippen LogP contribution in [0.15, 0.2) is 40.4 Å². The Morgan fingerprint density at radius 3 is 2.71 bits per heavy atom. The number of rotatable bonds is 3. The van der Waals surface area contributed by atoms with E-state index in [9.17, 15) is 4.79 Å². The van der Waals surface area contributed by atoms with Crippen LogP contribution in [0.4, 0.5) is 5.13 Å². The van der Waals surface area contributed by atoms with Gasteiger partial charge in [0.05, 0.1) is 11.3 Å². The minimum atomic E-state index is -0.114. The number of thiazole rings is 1. The first-order valence-corrected chi connectivity index (χ1v) is 8.32. The molecular formula is C16H14N2OS2. The molecule has 0 bridgehead atoms. The van der Waals surface area contributed by atoms with Gasteiger partial charge in [0.15, 0.2) is 5.13 Å². The van der Waals surface area contributed by atoms with Gasteiger partial charge in [0, 0.05) is 16.3 Å². The maximum Gasteiger partial charge on any atom is 0.258 e. The Labute approximate surface area is 131 Å². The number of carbonyl (C=O) groups excluding carboxylic acids is 1. The van der Waals surface area contributed by atoms with Crippen molar-refractivity contribution in [2.45, 2.75) is 13.8 Å². The molecule has 0 fully saturated rings. The van der Waals surface area contributed by atoms with Gasteiger partial charge in [-0.1, -0.05) is 12.1 Å². The maximum absolute atomic E-state index is 12.0. The van der Waals surface area contributed by atoms with Crippen molar-refractivity contribution in [1.29, 1.82) is 0 Å². The Balaban J connectivity index is 1.80. The number of nitrogens with one attached hydrogen (secondary N) is 1. The van der Waals surface area contributed by atoms with Crippen molar-refractivity contribution in [2.75, 3.05) is 5.32 Å². The summed E-state index contributed by atoms with van der Waals surface area (Å²) < 4.78 is 0. The lowest BCUT2D eigenvalue weighted by molar-refractivity contribution is 0.102. The molecule has 21 heavy (non-hydrogen) atoms. The van der Waals surface area contributed by atoms with E-state index >= 15 is 0 Å². The summed E-state index contributed by atoms with van der Waals surface area (Å²) in [4.78, 5) is 16.5. The van der Waals surface area contributed by atoms with Crippen molar-refractivity contribution in [2.24, 2.45) is 0 Å². The van der Waals surface area contributed by atoms with Crippen molar-refractivity contribution in [3.05, 3.63) is 57.1 Å². The Kier molecular flexibility index (Phi) is 3.86. The molecular weight excluding hydrogens is 300 g/mol. The van der Waals surface area contributed by atoms with Crippen molar-refractivity contribution >= 4 is 33.7 Å². The lowest BCUT2D eigenvalue weighted by atomic mass is 10.1. The molecule has 2 heterocycles. The summed E-state index contributed by atoms with van der Waals surface area (Å²) in [6.07, 6.45) is 0. The highest BCUT2D eigenvalue weighted by atomic mass is 32.1. The van der Waals surface area contributed by atoms with Gasteiger partial charge >= 0.3 is 0 Å². The fraction of sp³-hybridized carbons (Fsp3) is 0.125. The van der Waals surface area contributed by atoms with Gasteiger partial charge in [0.1, 0.15) is 0 Å². The minimum absolute atomic E-state index is 0.114. The number of aryl methyl sites for hydroxylation is 2. The van der Waals surface area contributed by atoms with Gasteiger partial charge in [-0.3, -0.25) is 10.1 Å². The van der Waals surface area contributed by atoms with E-state index in [1.807, 2.05) is 16.1 Å². The Bertz CT molecular complexity index is 775. The molecule has 106 valence electrons. The summed E-state index contributed by atoms with van der Waals surface area (Å²) in [5.74, 6) is -0.114. The molecule has 5 heteroatoms. The molecule has 0 aliphatic rings. The van der Waals surface area contributed by atoms with Gasteiger partial charge in [-0.15, -0.1) is 11.3 Å². The number of anilines is 1. The number of thiophene rings is 1. The van der Waals surface area contributed by atoms with Crippen LogP contribution in [0.1, 0.15) is 21.5 Å². The quantitative estimate of drug-likeness (QED) is 0.758. The summed E-state index contributed by atoms with van der Waals surface area (Å²) in [7, 11) is 0. The van der Waals surface area contributed by atoms with Crippen molar-refractivity contribution in [3.63, 3.8) is 0 Å². The highest BCUT2D eigenvalue weighted by Crippen LogP contribution is 2.26. The van der Waals surface area contributed by atoms with E-state index in [2.05, 4.69) is 42.3 Å². The highest BCUT2D eigenvalue weighted by molar-refractivity contribution is 7.14. The summed E-state index contributed by atoms with van der Waals surface area (Å²) in [5.41, 5.74) is 5.14. The standard InChI is InChI=1S/C16H14N2OS2/c1-10-3-4-12(7-11(10)2)14-9-21-16(17-14)18-15(19)13-5-6-20-8-13/h3-9H,1-2H3,(H,17,18,19). The van der Waals surface area contributed by atoms with E-state index in [1.165, 1.54) is 33.8 Å². The summed E-state index contributed by atoms with van der Waals surface area (Å²) in [5, 5.41) is 9.14. The first kappa shape index (κ1) is 14.0. The molecule has 0 aliphatic heterocycles. The van der Waals surface area contributed by atoms with E-state index < -0.39 is 0 Å². The Hall–Kier alpha value is -1.98. The molecule has 1 N–H and O–H groups in total. The third-order valence-electron chi connectivity index (χ3n) is 3.31. The third-order valence-corrected chi connectivity index (χ3v) is 4.75. The van der Waals surface area contributed by atoms with Crippen LogP contribution in [0.25, 0.3) is 11.3 Å². The summed E-state index contributed by atoms with van der Waals surface area (Å²) in [6.45, 7) is 4.18. The molecule has 0 saturated heterocycles. The van der Waals surface area contributed by atoms with Crippen LogP contribution in [0, 0.1) is 13.8 Å². The fourth-order valence-corrected chi connectivity index (χ4v) is 3.28. The van der Waals surface area contributed by atoms with E-state index in [4.69, 9.17) is 0 Å². The molecule has 1 amide bonds. The number of benzene rings is 1. The van der Waals surface area contributed by atoms with Crippen LogP contribution in [-0.2, 0) is 0 Å². The monoisotopic (exact) mass is 314 g/mol. The lowest BCUT2D eigenvalue weighted by Gasteiger charge is -2.02. The van der Waals surface area contributed by atoms with E-state index in [0.29, 0.717) is 10.7 Å². The second kappa shape index (κ2) is 5.79. The molecule has 1 aromatic carbocycles. The first-order chi connectivity index (χ1) is 10.1. The molecule has 2 aromatic heterocycles. The normalized spacial score (nSPS) is 10.6. The maximum atomic E-state index is 12.0. The van der Waals surface area contributed by atoms with Gasteiger partial charge in [0.25, 0.3) is 5.91 Å². The molecule has 0 spiro atoms. The zero-order valence-corrected chi connectivity index (χ0v) is 13.3. The van der Waals surface area contributed by atoms with Gasteiger partial charge in [-0.05, 0) is 42.5 Å². The molecule has 0 aliphatic carbocycles. The zero-order chi connectivity index (χ0) is 14.8. The Morgan fingerprint density at radius 2 is 2.00 bits per heavy atom. The van der Waals surface area contributed by atoms with Crippen LogP contribution < -0.4 is 5.32 Å². The second-order valence-corrected chi connectivity index (χ2v) is 6.44. The van der Waals surface area contributed by atoms with Crippen LogP contribution in [0.2, 0.25) is 0 Å². The van der Waals surface area contributed by atoms with Gasteiger partial charge in [0.2, 0.25) is 0 Å². The second-order valence-electron chi connectivity index (χ2n) is 4.80. The van der Waals surface area contributed by atoms with Crippen LogP contribution >= 0.6 is 22.7 Å². The average molecular weight is 314 g/mol. The van der Waals surface area contributed by atoms with Crippen molar-refractivity contribution in [1.82, 2.24) is 4.98 Å². The summed E-state index contributed by atoms with van der Waals surface area (Å²) in [6, 6.07) is 8.07. The minimum Gasteiger partial charge on any atom is -0.298 e. The Morgan fingerprint density at radius 1 is 1.14 bits per heavy atom. The third kappa shape index (κ3) is 3.04. The first-order valence-electron chi connectivity index (χ1n) is 6.50. The molecule has 3 nitrogen and oxygen atoms in total. The smallest absolute Gasteiger partial charge is 0.258 e. The van der Waals surface area contributed by atoms with Gasteiger partial charge in [-0.2, -0.15) is 11.3 Å². The molecule has 0 atom stereocenters. The highest BCUT2D eigenvalue weighted by Gasteiger charge is 2.10. The molecule has 0 radical (unpaired) electrons. The van der Waals surface area contributed by atoms with Crippen molar-refractivity contribution < 1.29 is 4.79 Å². The molecule has 3 aromatic rings. The molecule has 0 saturated carbocycles. The van der Waals surface area contributed by atoms with Crippen LogP contribution in [0.5, 0.6) is 0 Å². The van der Waals surface area contributed by atoms with Gasteiger partial charge in [-0.25, -0.2) is 4.98 Å². The zero-order valence-electron chi connectivity index (χ0n) is 11.7. The average Bonchev–Trinajstić information content (AvgIpc) is 3.12. The largest absolute Gasteiger partial charge is 0.298 e. The van der Waals surface area contributed by atoms with Crippen LogP contribution in [0.3, 0.4) is 0 Å². The predicted molar refractivity (Wildman–Crippen MR) is 89.3 cm³/mol. The van der Waals surface area contributed by atoms with Gasteiger partial charge < -0.3 is 0 Å². The number of aromatic nitrogens is 1. The van der Waals surface area contributed by atoms with E-state index in [-0.39, 0.29) is 5.91 Å². The number of nitrogens with zero attached hydrogens (tertiary/aromatic N) is 1. The number of hydrogen-bond donors (Lipinski definition) is 1. The fourth-order valence-electron chi connectivity index (χ4n) is 1.93. The molecule has 3 rings (SSSR count). The SMILES string of the molecule is Cc1ccc(-c2csc(NC(=O)c3ccsc3)n2)cc1C. The molecule has 0 unspecified atom stereocenters. The topological polar surface area (TPSA) is 42.0 Å². The lowest BCUT2D eigenvalue weighted by Crippen LogP contribution is -2.10. The van der Waals surface area contributed by atoms with Crippen LogP contribution in [-0.4, -0.2) is 10.9 Å². The number of carbonyl (C=O) groups is 1. The predicted octanol–water partition coefficient (Wildman–Crippen LogP) is 4.74.